The van der Waals surface area contributed by atoms with Crippen LogP contribution in [0.25, 0.3) is 5.65 Å². The number of rotatable bonds is 3. The van der Waals surface area contributed by atoms with Crippen molar-refractivity contribution in [1.82, 2.24) is 14.3 Å². The zero-order valence-corrected chi connectivity index (χ0v) is 14.9. The summed E-state index contributed by atoms with van der Waals surface area (Å²) in [6, 6.07) is 11.5. The molecule has 1 aliphatic heterocycles. The molecule has 4 rings (SSSR count). The third-order valence-corrected chi connectivity index (χ3v) is 4.84. The van der Waals surface area contributed by atoms with Gasteiger partial charge in [-0.2, -0.15) is 0 Å². The SMILES string of the molecule is O=C(c1cnc2ccccn2c1=O)N1CCN(c2ccc([N+](=O)[O-])cc2)CC1. The second kappa shape index (κ2) is 7.10. The lowest BCUT2D eigenvalue weighted by Gasteiger charge is -2.36. The molecule has 9 heteroatoms. The van der Waals surface area contributed by atoms with Crippen LogP contribution in [0.1, 0.15) is 10.4 Å². The number of piperazine rings is 1. The number of fused-ring (bicyclic) bond motifs is 1. The molecule has 0 bridgehead atoms. The molecule has 0 aliphatic carbocycles. The number of amides is 1. The summed E-state index contributed by atoms with van der Waals surface area (Å²) in [5.74, 6) is -0.334. The van der Waals surface area contributed by atoms with Gasteiger partial charge in [-0.1, -0.05) is 6.07 Å². The number of non-ortho nitro benzene ring substituents is 1. The van der Waals surface area contributed by atoms with Crippen molar-refractivity contribution in [3.05, 3.63) is 80.9 Å². The number of benzene rings is 1. The van der Waals surface area contributed by atoms with Gasteiger partial charge in [0.1, 0.15) is 11.2 Å². The Labute approximate surface area is 159 Å². The number of aromatic nitrogens is 2. The summed E-state index contributed by atoms with van der Waals surface area (Å²) in [7, 11) is 0. The van der Waals surface area contributed by atoms with Crippen LogP contribution in [-0.4, -0.2) is 51.3 Å². The van der Waals surface area contributed by atoms with Crippen LogP contribution in [0.3, 0.4) is 0 Å². The average Bonchev–Trinajstić information content (AvgIpc) is 2.74. The number of hydrogen-bond acceptors (Lipinski definition) is 6. The van der Waals surface area contributed by atoms with Crippen LogP contribution in [0.5, 0.6) is 0 Å². The van der Waals surface area contributed by atoms with Gasteiger partial charge >= 0.3 is 0 Å². The summed E-state index contributed by atoms with van der Waals surface area (Å²) in [5, 5.41) is 10.8. The van der Waals surface area contributed by atoms with Gasteiger partial charge in [0.15, 0.2) is 0 Å². The lowest BCUT2D eigenvalue weighted by molar-refractivity contribution is -0.384. The molecular formula is C19H17N5O4. The molecule has 0 spiro atoms. The third kappa shape index (κ3) is 3.18. The van der Waals surface area contributed by atoms with E-state index in [4.69, 9.17) is 0 Å². The molecule has 9 nitrogen and oxygen atoms in total. The first-order valence-corrected chi connectivity index (χ1v) is 8.80. The van der Waals surface area contributed by atoms with E-state index in [0.29, 0.717) is 31.8 Å². The number of carbonyl (C=O) groups is 1. The fraction of sp³-hybridized carbons (Fsp3) is 0.211. The molecule has 0 atom stereocenters. The minimum absolute atomic E-state index is 0.0434. The largest absolute Gasteiger partial charge is 0.368 e. The van der Waals surface area contributed by atoms with Crippen LogP contribution in [0.15, 0.2) is 59.7 Å². The Kier molecular flexibility index (Phi) is 4.48. The van der Waals surface area contributed by atoms with Gasteiger partial charge in [0.05, 0.1) is 4.92 Å². The number of hydrogen-bond donors (Lipinski definition) is 0. The average molecular weight is 379 g/mol. The summed E-state index contributed by atoms with van der Waals surface area (Å²) < 4.78 is 1.36. The molecule has 1 amide bonds. The van der Waals surface area contributed by atoms with E-state index in [1.165, 1.54) is 22.7 Å². The highest BCUT2D eigenvalue weighted by Crippen LogP contribution is 2.21. The highest BCUT2D eigenvalue weighted by molar-refractivity contribution is 5.94. The molecule has 142 valence electrons. The molecule has 28 heavy (non-hydrogen) atoms. The summed E-state index contributed by atoms with van der Waals surface area (Å²) in [6.07, 6.45) is 2.93. The molecule has 1 fully saturated rings. The number of nitrogens with zero attached hydrogens (tertiary/aromatic N) is 5. The molecule has 1 aliphatic rings. The lowest BCUT2D eigenvalue weighted by Crippen LogP contribution is -2.49. The number of pyridine rings is 1. The quantitative estimate of drug-likeness (QED) is 0.506. The number of nitro groups is 1. The monoisotopic (exact) mass is 379 g/mol. The van der Waals surface area contributed by atoms with Crippen LogP contribution in [0.2, 0.25) is 0 Å². The molecule has 1 saturated heterocycles. The normalized spacial score (nSPS) is 14.3. The van der Waals surface area contributed by atoms with E-state index in [1.54, 1.807) is 41.4 Å². The fourth-order valence-electron chi connectivity index (χ4n) is 3.30. The fourth-order valence-corrected chi connectivity index (χ4v) is 3.30. The van der Waals surface area contributed by atoms with Gasteiger partial charge in [-0.15, -0.1) is 0 Å². The van der Waals surface area contributed by atoms with E-state index < -0.39 is 4.92 Å². The first-order chi connectivity index (χ1) is 13.5. The Bertz CT molecular complexity index is 1100. The molecule has 2 aromatic heterocycles. The van der Waals surface area contributed by atoms with Crippen molar-refractivity contribution in [2.75, 3.05) is 31.1 Å². The van der Waals surface area contributed by atoms with Gasteiger partial charge in [-0.3, -0.25) is 24.1 Å². The highest BCUT2D eigenvalue weighted by atomic mass is 16.6. The van der Waals surface area contributed by atoms with Crippen molar-refractivity contribution in [2.24, 2.45) is 0 Å². The molecule has 0 radical (unpaired) electrons. The molecular weight excluding hydrogens is 362 g/mol. The van der Waals surface area contributed by atoms with Crippen molar-refractivity contribution in [3.63, 3.8) is 0 Å². The molecule has 0 saturated carbocycles. The van der Waals surface area contributed by atoms with Crippen LogP contribution < -0.4 is 10.5 Å². The summed E-state index contributed by atoms with van der Waals surface area (Å²) >= 11 is 0. The van der Waals surface area contributed by atoms with Gasteiger partial charge in [0, 0.05) is 56.4 Å². The first kappa shape index (κ1) is 17.7. The Hall–Kier alpha value is -3.75. The second-order valence-electron chi connectivity index (χ2n) is 6.46. The molecule has 3 aromatic rings. The lowest BCUT2D eigenvalue weighted by atomic mass is 10.2. The number of carbonyl (C=O) groups excluding carboxylic acids is 1. The number of nitro benzene ring substituents is 1. The second-order valence-corrected chi connectivity index (χ2v) is 6.46. The van der Waals surface area contributed by atoms with Gasteiger partial charge in [-0.25, -0.2) is 4.98 Å². The maximum absolute atomic E-state index is 12.8. The van der Waals surface area contributed by atoms with Crippen molar-refractivity contribution in [1.29, 1.82) is 0 Å². The van der Waals surface area contributed by atoms with Gasteiger partial charge in [0.2, 0.25) is 0 Å². The van der Waals surface area contributed by atoms with Crippen molar-refractivity contribution >= 4 is 22.9 Å². The van der Waals surface area contributed by atoms with Gasteiger partial charge < -0.3 is 9.80 Å². The Morgan fingerprint density at radius 1 is 1.04 bits per heavy atom. The van der Waals surface area contributed by atoms with Crippen molar-refractivity contribution < 1.29 is 9.72 Å². The predicted octanol–water partition coefficient (Wildman–Crippen LogP) is 1.57. The highest BCUT2D eigenvalue weighted by Gasteiger charge is 2.25. The first-order valence-electron chi connectivity index (χ1n) is 8.80. The third-order valence-electron chi connectivity index (χ3n) is 4.84. The van der Waals surface area contributed by atoms with E-state index in [2.05, 4.69) is 9.88 Å². The van der Waals surface area contributed by atoms with E-state index in [0.717, 1.165) is 5.69 Å². The Balaban J connectivity index is 1.48. The zero-order chi connectivity index (χ0) is 19.7. The Morgan fingerprint density at radius 3 is 2.43 bits per heavy atom. The molecule has 3 heterocycles. The van der Waals surface area contributed by atoms with E-state index in [9.17, 15) is 19.7 Å². The predicted molar refractivity (Wildman–Crippen MR) is 103 cm³/mol. The summed E-state index contributed by atoms with van der Waals surface area (Å²) in [4.78, 5) is 43.6. The van der Waals surface area contributed by atoms with Gasteiger partial charge in [-0.05, 0) is 24.3 Å². The molecule has 0 unspecified atom stereocenters. The van der Waals surface area contributed by atoms with E-state index >= 15 is 0 Å². The van der Waals surface area contributed by atoms with E-state index in [-0.39, 0.29) is 22.7 Å². The van der Waals surface area contributed by atoms with Crippen LogP contribution >= 0.6 is 0 Å². The zero-order valence-electron chi connectivity index (χ0n) is 14.9. The standard InChI is InChI=1S/C19H17N5O4/c25-18(16-13-20-17-3-1-2-8-23(17)19(16)26)22-11-9-21(10-12-22)14-4-6-15(7-5-14)24(27)28/h1-8,13H,9-12H2. The smallest absolute Gasteiger partial charge is 0.270 e. The Morgan fingerprint density at radius 2 is 1.75 bits per heavy atom. The maximum Gasteiger partial charge on any atom is 0.270 e. The van der Waals surface area contributed by atoms with E-state index in [1.807, 2.05) is 0 Å². The van der Waals surface area contributed by atoms with Crippen LogP contribution in [0.4, 0.5) is 11.4 Å². The summed E-state index contributed by atoms with van der Waals surface area (Å²) in [6.45, 7) is 2.05. The van der Waals surface area contributed by atoms with Crippen molar-refractivity contribution in [2.45, 2.75) is 0 Å². The van der Waals surface area contributed by atoms with Crippen LogP contribution in [-0.2, 0) is 0 Å². The molecule has 0 N–H and O–H groups in total. The van der Waals surface area contributed by atoms with Crippen LogP contribution in [0, 0.1) is 10.1 Å². The topological polar surface area (TPSA) is 101 Å². The van der Waals surface area contributed by atoms with Crippen molar-refractivity contribution in [3.8, 4) is 0 Å². The minimum atomic E-state index is -0.434. The van der Waals surface area contributed by atoms with Gasteiger partial charge in [0.25, 0.3) is 17.2 Å². The summed E-state index contributed by atoms with van der Waals surface area (Å²) in [5.41, 5.74) is 1.07. The maximum atomic E-state index is 12.8. The number of anilines is 1. The molecule has 1 aromatic carbocycles. The minimum Gasteiger partial charge on any atom is -0.368 e.